The van der Waals surface area contributed by atoms with Crippen molar-refractivity contribution < 1.29 is 9.53 Å². The molecule has 116 valence electrons. The summed E-state index contributed by atoms with van der Waals surface area (Å²) in [5, 5.41) is 0. The highest BCUT2D eigenvalue weighted by molar-refractivity contribution is 8.26. The van der Waals surface area contributed by atoms with E-state index in [-0.39, 0.29) is 5.91 Å². The van der Waals surface area contributed by atoms with Gasteiger partial charge >= 0.3 is 0 Å². The third-order valence-corrected chi connectivity index (χ3v) is 4.51. The fourth-order valence-electron chi connectivity index (χ4n) is 1.93. The number of amides is 1. The molecule has 1 heterocycles. The van der Waals surface area contributed by atoms with E-state index in [1.807, 2.05) is 30.3 Å². The number of hydrogen-bond acceptors (Lipinski definition) is 4. The molecular formula is C17H19NO2S2. The van der Waals surface area contributed by atoms with Gasteiger partial charge in [0.2, 0.25) is 0 Å². The Balaban J connectivity index is 2.05. The summed E-state index contributed by atoms with van der Waals surface area (Å²) in [4.78, 5) is 14.4. The topological polar surface area (TPSA) is 29.5 Å². The number of unbranched alkanes of at least 4 members (excludes halogenated alkanes) is 1. The Morgan fingerprint density at radius 2 is 2.09 bits per heavy atom. The van der Waals surface area contributed by atoms with E-state index in [2.05, 4.69) is 13.5 Å². The molecule has 1 aromatic carbocycles. The quantitative estimate of drug-likeness (QED) is 0.323. The summed E-state index contributed by atoms with van der Waals surface area (Å²) in [5.74, 6) is 0.794. The highest BCUT2D eigenvalue weighted by Crippen LogP contribution is 2.32. The molecule has 0 atom stereocenters. The highest BCUT2D eigenvalue weighted by atomic mass is 32.2. The summed E-state index contributed by atoms with van der Waals surface area (Å²) in [6, 6.07) is 7.74. The molecule has 0 radical (unpaired) electrons. The van der Waals surface area contributed by atoms with Crippen LogP contribution in [-0.4, -0.2) is 28.3 Å². The highest BCUT2D eigenvalue weighted by Gasteiger charge is 2.30. The van der Waals surface area contributed by atoms with Crippen molar-refractivity contribution in [3.05, 3.63) is 47.4 Å². The van der Waals surface area contributed by atoms with Gasteiger partial charge in [-0.2, -0.15) is 0 Å². The molecule has 2 rings (SSSR count). The zero-order valence-electron chi connectivity index (χ0n) is 12.6. The van der Waals surface area contributed by atoms with Crippen molar-refractivity contribution in [3.63, 3.8) is 0 Å². The number of nitrogens with zero attached hydrogens (tertiary/aromatic N) is 1. The molecule has 0 aromatic heterocycles. The van der Waals surface area contributed by atoms with Crippen molar-refractivity contribution in [1.82, 2.24) is 4.90 Å². The Bertz CT molecular complexity index is 593. The van der Waals surface area contributed by atoms with Crippen molar-refractivity contribution in [3.8, 4) is 5.75 Å². The van der Waals surface area contributed by atoms with Crippen LogP contribution in [0.3, 0.4) is 0 Å². The Labute approximate surface area is 141 Å². The Kier molecular flexibility index (Phi) is 6.21. The second-order valence-corrected chi connectivity index (χ2v) is 6.53. The van der Waals surface area contributed by atoms with Crippen molar-refractivity contribution in [2.24, 2.45) is 0 Å². The molecule has 1 aliphatic rings. The Hall–Kier alpha value is -1.59. The van der Waals surface area contributed by atoms with E-state index in [1.54, 1.807) is 11.0 Å². The summed E-state index contributed by atoms with van der Waals surface area (Å²) in [6.07, 6.45) is 5.70. The molecule has 0 unspecified atom stereocenters. The first-order chi connectivity index (χ1) is 10.7. The minimum atomic E-state index is -0.0572. The molecule has 3 nitrogen and oxygen atoms in total. The first-order valence-electron chi connectivity index (χ1n) is 7.25. The van der Waals surface area contributed by atoms with E-state index in [1.165, 1.54) is 11.8 Å². The van der Waals surface area contributed by atoms with Crippen LogP contribution in [0.1, 0.15) is 25.3 Å². The van der Waals surface area contributed by atoms with Crippen LogP contribution in [0.2, 0.25) is 0 Å². The molecule has 0 aliphatic carbocycles. The van der Waals surface area contributed by atoms with E-state index in [4.69, 9.17) is 17.0 Å². The lowest BCUT2D eigenvalue weighted by Crippen LogP contribution is -2.27. The summed E-state index contributed by atoms with van der Waals surface area (Å²) >= 11 is 6.54. The summed E-state index contributed by atoms with van der Waals surface area (Å²) in [7, 11) is 0. The molecule has 1 fully saturated rings. The minimum Gasteiger partial charge on any atom is -0.494 e. The maximum absolute atomic E-state index is 12.2. The van der Waals surface area contributed by atoms with E-state index >= 15 is 0 Å². The molecule has 0 N–H and O–H groups in total. The number of carbonyl (C=O) groups is 1. The van der Waals surface area contributed by atoms with Crippen LogP contribution < -0.4 is 4.74 Å². The van der Waals surface area contributed by atoms with Crippen LogP contribution in [0.25, 0.3) is 6.08 Å². The predicted molar refractivity (Wildman–Crippen MR) is 96.9 cm³/mol. The van der Waals surface area contributed by atoms with Gasteiger partial charge in [-0.05, 0) is 30.2 Å². The van der Waals surface area contributed by atoms with Crippen molar-refractivity contribution in [2.75, 3.05) is 13.2 Å². The fraction of sp³-hybridized carbons (Fsp3) is 0.294. The second-order valence-electron chi connectivity index (χ2n) is 4.85. The number of rotatable bonds is 7. The monoisotopic (exact) mass is 333 g/mol. The molecule has 0 spiro atoms. The predicted octanol–water partition coefficient (Wildman–Crippen LogP) is 4.25. The molecule has 0 bridgehead atoms. The lowest BCUT2D eigenvalue weighted by Gasteiger charge is -2.10. The van der Waals surface area contributed by atoms with Crippen LogP contribution in [0.5, 0.6) is 5.75 Å². The summed E-state index contributed by atoms with van der Waals surface area (Å²) in [6.45, 7) is 6.96. The van der Waals surface area contributed by atoms with Gasteiger partial charge in [0.15, 0.2) is 0 Å². The SMILES string of the molecule is C=CCN1C(=O)C(=Cc2ccc(OCCCC)cc2)SC1=S. The van der Waals surface area contributed by atoms with Gasteiger partial charge < -0.3 is 4.74 Å². The van der Waals surface area contributed by atoms with Crippen molar-refractivity contribution in [1.29, 1.82) is 0 Å². The Morgan fingerprint density at radius 1 is 1.36 bits per heavy atom. The first-order valence-corrected chi connectivity index (χ1v) is 8.47. The molecule has 1 saturated heterocycles. The number of carbonyl (C=O) groups excluding carboxylic acids is 1. The average molecular weight is 333 g/mol. The molecule has 22 heavy (non-hydrogen) atoms. The normalized spacial score (nSPS) is 16.4. The zero-order chi connectivity index (χ0) is 15.9. The zero-order valence-corrected chi connectivity index (χ0v) is 14.2. The van der Waals surface area contributed by atoms with Gasteiger partial charge in [0.1, 0.15) is 10.1 Å². The van der Waals surface area contributed by atoms with Crippen molar-refractivity contribution >= 4 is 40.3 Å². The number of thiocarbonyl (C=S) groups is 1. The molecule has 1 amide bonds. The molecule has 1 aromatic rings. The van der Waals surface area contributed by atoms with Crippen LogP contribution >= 0.6 is 24.0 Å². The smallest absolute Gasteiger partial charge is 0.266 e. The minimum absolute atomic E-state index is 0.0572. The van der Waals surface area contributed by atoms with Gasteiger partial charge in [0, 0.05) is 6.54 Å². The number of hydrogen-bond donors (Lipinski definition) is 0. The fourth-order valence-corrected chi connectivity index (χ4v) is 3.21. The lowest BCUT2D eigenvalue weighted by atomic mass is 10.2. The van der Waals surface area contributed by atoms with E-state index < -0.39 is 0 Å². The van der Waals surface area contributed by atoms with Gasteiger partial charge in [-0.25, -0.2) is 0 Å². The maximum Gasteiger partial charge on any atom is 0.266 e. The van der Waals surface area contributed by atoms with Gasteiger partial charge in [0.05, 0.1) is 11.5 Å². The standard InChI is InChI=1S/C17H19NO2S2/c1-3-5-11-20-14-8-6-13(7-9-14)12-15-16(19)18(10-4-2)17(21)22-15/h4,6-9,12H,2-3,5,10-11H2,1H3. The number of benzene rings is 1. The van der Waals surface area contributed by atoms with Crippen LogP contribution in [-0.2, 0) is 4.79 Å². The second kappa shape index (κ2) is 8.15. The van der Waals surface area contributed by atoms with Crippen LogP contribution in [0.4, 0.5) is 0 Å². The van der Waals surface area contributed by atoms with E-state index in [9.17, 15) is 4.79 Å². The number of thioether (sulfide) groups is 1. The third kappa shape index (κ3) is 4.21. The molecule has 5 heteroatoms. The van der Waals surface area contributed by atoms with Crippen LogP contribution in [0.15, 0.2) is 41.8 Å². The molecule has 0 saturated carbocycles. The first kappa shape index (κ1) is 16.8. The van der Waals surface area contributed by atoms with Crippen LogP contribution in [0, 0.1) is 0 Å². The summed E-state index contributed by atoms with van der Waals surface area (Å²) < 4.78 is 6.20. The van der Waals surface area contributed by atoms with Gasteiger partial charge in [0.25, 0.3) is 5.91 Å². The van der Waals surface area contributed by atoms with Gasteiger partial charge in [-0.3, -0.25) is 9.69 Å². The Morgan fingerprint density at radius 3 is 2.73 bits per heavy atom. The third-order valence-electron chi connectivity index (χ3n) is 3.13. The van der Waals surface area contributed by atoms with Gasteiger partial charge in [-0.1, -0.05) is 55.5 Å². The maximum atomic E-state index is 12.2. The van der Waals surface area contributed by atoms with Gasteiger partial charge in [-0.15, -0.1) is 6.58 Å². The molecular weight excluding hydrogens is 314 g/mol. The van der Waals surface area contributed by atoms with Crippen molar-refractivity contribution in [2.45, 2.75) is 19.8 Å². The lowest BCUT2D eigenvalue weighted by molar-refractivity contribution is -0.121. The molecule has 1 aliphatic heterocycles. The number of ether oxygens (including phenoxy) is 1. The average Bonchev–Trinajstić information content (AvgIpc) is 2.77. The summed E-state index contributed by atoms with van der Waals surface area (Å²) in [5.41, 5.74) is 0.960. The van der Waals surface area contributed by atoms with E-state index in [0.717, 1.165) is 30.8 Å². The van der Waals surface area contributed by atoms with E-state index in [0.29, 0.717) is 15.8 Å². The largest absolute Gasteiger partial charge is 0.494 e.